The summed E-state index contributed by atoms with van der Waals surface area (Å²) < 4.78 is 4.66. The van der Waals surface area contributed by atoms with E-state index in [1.807, 2.05) is 0 Å². The second-order valence-corrected chi connectivity index (χ2v) is 6.04. The van der Waals surface area contributed by atoms with Crippen molar-refractivity contribution in [3.63, 3.8) is 0 Å². The molecule has 2 nitrogen and oxygen atoms in total. The van der Waals surface area contributed by atoms with E-state index in [0.717, 1.165) is 0 Å². The monoisotopic (exact) mass is 144 g/mol. The Hall–Kier alpha value is 1.35. The van der Waals surface area contributed by atoms with Gasteiger partial charge in [-0.05, 0) is 0 Å². The zero-order valence-corrected chi connectivity index (χ0v) is 10.3. The quantitative estimate of drug-likeness (QED) is 0.347. The van der Waals surface area contributed by atoms with Crippen molar-refractivity contribution >= 4 is 19.0 Å². The van der Waals surface area contributed by atoms with Crippen molar-refractivity contribution in [3.8, 4) is 0 Å². The number of rotatable bonds is 1. The van der Waals surface area contributed by atoms with Gasteiger partial charge < -0.3 is 8.91 Å². The molecule has 0 N–H and O–H groups in total. The van der Waals surface area contributed by atoms with E-state index in [1.165, 1.54) is 0 Å². The van der Waals surface area contributed by atoms with Gasteiger partial charge in [0.15, 0.2) is 0 Å². The van der Waals surface area contributed by atoms with Crippen molar-refractivity contribution in [2.24, 2.45) is 0 Å². The summed E-state index contributed by atoms with van der Waals surface area (Å²) in [6, 6.07) is 0. The van der Waals surface area contributed by atoms with Crippen molar-refractivity contribution < 1.29 is 38.5 Å². The first kappa shape index (κ1) is 11.2. The van der Waals surface area contributed by atoms with Crippen LogP contribution in [0.15, 0.2) is 0 Å². The molecule has 0 radical (unpaired) electrons. The van der Waals surface area contributed by atoms with E-state index >= 15 is 0 Å². The molecule has 7 heavy (non-hydrogen) atoms. The molecule has 0 heterocycles. The zero-order valence-electron chi connectivity index (χ0n) is 5.32. The van der Waals surface area contributed by atoms with E-state index < -0.39 is 8.56 Å². The minimum atomic E-state index is -2.32. The van der Waals surface area contributed by atoms with Crippen LogP contribution in [0.25, 0.3) is 0 Å². The van der Waals surface area contributed by atoms with E-state index in [0.29, 0.717) is 10.5 Å². The second-order valence-electron chi connectivity index (χ2n) is 1.60. The molecule has 0 bridgehead atoms. The average molecular weight is 144 g/mol. The molecule has 0 aliphatic rings. The molecule has 0 aliphatic carbocycles. The van der Waals surface area contributed by atoms with Crippen LogP contribution in [-0.2, 0) is 4.12 Å². The van der Waals surface area contributed by atoms with E-state index in [2.05, 4.69) is 4.12 Å². The SMILES string of the molecule is C[Si](C)([O-])O[SiH3].[Na+]. The van der Waals surface area contributed by atoms with Crippen LogP contribution in [0.2, 0.25) is 13.1 Å². The topological polar surface area (TPSA) is 32.3 Å². The van der Waals surface area contributed by atoms with Crippen LogP contribution in [0.3, 0.4) is 0 Å². The fourth-order valence-corrected chi connectivity index (χ4v) is 0. The van der Waals surface area contributed by atoms with Gasteiger partial charge in [-0.3, -0.25) is 0 Å². The summed E-state index contributed by atoms with van der Waals surface area (Å²) in [5.41, 5.74) is 0. The number of hydrogen-bond acceptors (Lipinski definition) is 2. The molecule has 0 aromatic heterocycles. The third-order valence-corrected chi connectivity index (χ3v) is 4.42. The van der Waals surface area contributed by atoms with Gasteiger partial charge in [-0.15, -0.1) is 0 Å². The van der Waals surface area contributed by atoms with Gasteiger partial charge in [0.1, 0.15) is 10.5 Å². The summed E-state index contributed by atoms with van der Waals surface area (Å²) >= 11 is 0. The van der Waals surface area contributed by atoms with Gasteiger partial charge in [-0.25, -0.2) is 0 Å². The zero-order chi connectivity index (χ0) is 5.21. The first-order chi connectivity index (χ1) is 2.56. The standard InChI is InChI=1S/C2H9O2Si2.Na/c1-6(2,3)4-5;/h1-2,5H3;/q-1;+1. The molecule has 0 saturated heterocycles. The van der Waals surface area contributed by atoms with E-state index in [9.17, 15) is 4.80 Å². The largest absolute Gasteiger partial charge is 1.00 e. The molecular formula is C2H9NaO2Si2. The van der Waals surface area contributed by atoms with E-state index in [4.69, 9.17) is 0 Å². The Morgan fingerprint density at radius 2 is 1.71 bits per heavy atom. The maximum atomic E-state index is 10.4. The summed E-state index contributed by atoms with van der Waals surface area (Å²) in [6.45, 7) is 3.28. The summed E-state index contributed by atoms with van der Waals surface area (Å²) in [4.78, 5) is 10.4. The smallest absolute Gasteiger partial charge is 0.839 e. The van der Waals surface area contributed by atoms with Gasteiger partial charge in [-0.2, -0.15) is 0 Å². The summed E-state index contributed by atoms with van der Waals surface area (Å²) in [6.07, 6.45) is 0. The first-order valence-corrected chi connectivity index (χ1v) is 5.45. The Bertz CT molecular complexity index is 43.4. The maximum Gasteiger partial charge on any atom is 1.00 e. The van der Waals surface area contributed by atoms with Crippen molar-refractivity contribution in [3.05, 3.63) is 0 Å². The normalized spacial score (nSPS) is 10.7. The molecule has 0 atom stereocenters. The summed E-state index contributed by atoms with van der Waals surface area (Å²) in [5.74, 6) is 0. The molecule has 0 aromatic carbocycles. The Morgan fingerprint density at radius 1 is 1.57 bits per heavy atom. The van der Waals surface area contributed by atoms with Crippen LogP contribution in [-0.4, -0.2) is 19.0 Å². The van der Waals surface area contributed by atoms with Crippen LogP contribution >= 0.6 is 0 Å². The minimum absolute atomic E-state index is 0. The second kappa shape index (κ2) is 4.25. The van der Waals surface area contributed by atoms with E-state index in [1.54, 1.807) is 13.1 Å². The van der Waals surface area contributed by atoms with Gasteiger partial charge in [0.05, 0.1) is 8.56 Å². The van der Waals surface area contributed by atoms with Crippen LogP contribution in [0, 0.1) is 0 Å². The predicted octanol–water partition coefficient (Wildman–Crippen LogP) is -4.65. The Kier molecular flexibility index (Phi) is 6.80. The van der Waals surface area contributed by atoms with Gasteiger partial charge in [-0.1, -0.05) is 13.1 Å². The molecule has 0 spiro atoms. The number of hydrogen-bond donors (Lipinski definition) is 0. The van der Waals surface area contributed by atoms with Crippen LogP contribution in [0.5, 0.6) is 0 Å². The van der Waals surface area contributed by atoms with Gasteiger partial charge in [0.25, 0.3) is 0 Å². The molecular weight excluding hydrogens is 135 g/mol. The Balaban J connectivity index is 0. The molecule has 0 amide bonds. The third kappa shape index (κ3) is 11.1. The fourth-order valence-electron chi connectivity index (χ4n) is 0. The molecule has 0 fully saturated rings. The molecule has 0 saturated carbocycles. The van der Waals surface area contributed by atoms with Gasteiger partial charge in [0, 0.05) is 0 Å². The van der Waals surface area contributed by atoms with Crippen molar-refractivity contribution in [1.82, 2.24) is 0 Å². The summed E-state index contributed by atoms with van der Waals surface area (Å²) in [7, 11) is -1.72. The molecule has 0 aromatic rings. The van der Waals surface area contributed by atoms with Gasteiger partial charge >= 0.3 is 29.6 Å². The first-order valence-electron chi connectivity index (χ1n) is 1.82. The molecule has 0 unspecified atom stereocenters. The fraction of sp³-hybridized carbons (Fsp3) is 1.00. The minimum Gasteiger partial charge on any atom is -0.839 e. The Morgan fingerprint density at radius 3 is 1.71 bits per heavy atom. The molecule has 0 rings (SSSR count). The molecule has 0 aliphatic heterocycles. The van der Waals surface area contributed by atoms with Crippen LogP contribution in [0.4, 0.5) is 0 Å². The summed E-state index contributed by atoms with van der Waals surface area (Å²) in [5, 5.41) is 0. The van der Waals surface area contributed by atoms with Crippen molar-refractivity contribution in [1.29, 1.82) is 0 Å². The third-order valence-electron chi connectivity index (χ3n) is 0.492. The van der Waals surface area contributed by atoms with E-state index in [-0.39, 0.29) is 29.6 Å². The van der Waals surface area contributed by atoms with Crippen LogP contribution < -0.4 is 34.4 Å². The predicted molar refractivity (Wildman–Crippen MR) is 28.5 cm³/mol. The molecule has 38 valence electrons. The average Bonchev–Trinajstić information content (AvgIpc) is 1.35. The Labute approximate surface area is 70.3 Å². The van der Waals surface area contributed by atoms with Crippen molar-refractivity contribution in [2.45, 2.75) is 13.1 Å². The van der Waals surface area contributed by atoms with Crippen molar-refractivity contribution in [2.75, 3.05) is 0 Å². The van der Waals surface area contributed by atoms with Crippen LogP contribution in [0.1, 0.15) is 0 Å². The van der Waals surface area contributed by atoms with Gasteiger partial charge in [0.2, 0.25) is 0 Å². The maximum absolute atomic E-state index is 10.4. The molecule has 5 heteroatoms.